The SMILES string of the molecule is O=C(CCCc1nc2ccccc2s1)OCC(=O)N1c2ccccc2Sc2ccccc21. The Morgan fingerprint density at radius 1 is 0.875 bits per heavy atom. The molecule has 0 spiro atoms. The zero-order chi connectivity index (χ0) is 21.9. The maximum absolute atomic E-state index is 13.1. The number of hydrogen-bond acceptors (Lipinski definition) is 6. The Kier molecular flexibility index (Phi) is 5.92. The topological polar surface area (TPSA) is 59.5 Å². The Morgan fingerprint density at radius 2 is 1.53 bits per heavy atom. The number of aryl methyl sites for hydroxylation is 1. The molecule has 0 atom stereocenters. The van der Waals surface area contributed by atoms with Gasteiger partial charge >= 0.3 is 5.97 Å². The lowest BCUT2D eigenvalue weighted by molar-refractivity contribution is -0.147. The molecular weight excluding hydrogens is 440 g/mol. The van der Waals surface area contributed by atoms with Gasteiger partial charge in [0, 0.05) is 16.2 Å². The van der Waals surface area contributed by atoms with Crippen LogP contribution in [0.25, 0.3) is 10.2 Å². The first kappa shape index (κ1) is 20.7. The van der Waals surface area contributed by atoms with E-state index < -0.39 is 0 Å². The lowest BCUT2D eigenvalue weighted by Gasteiger charge is -2.30. The summed E-state index contributed by atoms with van der Waals surface area (Å²) in [5.41, 5.74) is 2.61. The van der Waals surface area contributed by atoms with Crippen LogP contribution in [0.2, 0.25) is 0 Å². The van der Waals surface area contributed by atoms with Crippen molar-refractivity contribution in [2.75, 3.05) is 11.5 Å². The third-order valence-electron chi connectivity index (χ3n) is 5.15. The molecule has 2 heterocycles. The minimum Gasteiger partial charge on any atom is -0.456 e. The summed E-state index contributed by atoms with van der Waals surface area (Å²) < 4.78 is 6.48. The second-order valence-corrected chi connectivity index (χ2v) is 9.56. The predicted molar refractivity (Wildman–Crippen MR) is 128 cm³/mol. The summed E-state index contributed by atoms with van der Waals surface area (Å²) in [5.74, 6) is -0.628. The molecular formula is C25H20N2O3S2. The Balaban J connectivity index is 1.19. The number of esters is 1. The molecule has 0 saturated heterocycles. The number of thiazole rings is 1. The van der Waals surface area contributed by atoms with E-state index in [1.54, 1.807) is 28.0 Å². The first-order chi connectivity index (χ1) is 15.7. The van der Waals surface area contributed by atoms with Crippen molar-refractivity contribution in [1.29, 1.82) is 0 Å². The van der Waals surface area contributed by atoms with Gasteiger partial charge in [-0.2, -0.15) is 0 Å². The minimum atomic E-state index is -0.368. The van der Waals surface area contributed by atoms with E-state index in [2.05, 4.69) is 4.98 Å². The van der Waals surface area contributed by atoms with E-state index in [0.717, 1.165) is 36.4 Å². The highest BCUT2D eigenvalue weighted by Gasteiger charge is 2.28. The van der Waals surface area contributed by atoms with Crippen LogP contribution < -0.4 is 4.90 Å². The van der Waals surface area contributed by atoms with Gasteiger partial charge in [-0.1, -0.05) is 48.2 Å². The fourth-order valence-corrected chi connectivity index (χ4v) is 5.73. The number of benzene rings is 3. The number of para-hydroxylation sites is 3. The van der Waals surface area contributed by atoms with E-state index in [1.807, 2.05) is 72.8 Å². The van der Waals surface area contributed by atoms with Crippen molar-refractivity contribution in [3.8, 4) is 0 Å². The highest BCUT2D eigenvalue weighted by Crippen LogP contribution is 2.47. The number of ether oxygens (including phenoxy) is 1. The molecule has 1 amide bonds. The summed E-state index contributed by atoms with van der Waals surface area (Å²) in [5, 5.41) is 1.01. The predicted octanol–water partition coefficient (Wildman–Crippen LogP) is 5.99. The van der Waals surface area contributed by atoms with Crippen LogP contribution in [0.4, 0.5) is 11.4 Å². The minimum absolute atomic E-state index is 0.256. The van der Waals surface area contributed by atoms with Crippen LogP contribution in [-0.4, -0.2) is 23.5 Å². The Morgan fingerprint density at radius 3 is 2.25 bits per heavy atom. The molecule has 1 aliphatic heterocycles. The highest BCUT2D eigenvalue weighted by molar-refractivity contribution is 7.99. The molecule has 0 N–H and O–H groups in total. The second kappa shape index (κ2) is 9.14. The number of rotatable bonds is 6. The van der Waals surface area contributed by atoms with Crippen LogP contribution in [-0.2, 0) is 20.7 Å². The number of carbonyl (C=O) groups excluding carboxylic acids is 2. The quantitative estimate of drug-likeness (QED) is 0.331. The van der Waals surface area contributed by atoms with Crippen LogP contribution in [0.5, 0.6) is 0 Å². The monoisotopic (exact) mass is 460 g/mol. The maximum atomic E-state index is 13.1. The lowest BCUT2D eigenvalue weighted by atomic mass is 10.2. The van der Waals surface area contributed by atoms with Crippen molar-refractivity contribution >= 4 is 56.6 Å². The van der Waals surface area contributed by atoms with Gasteiger partial charge in [0.05, 0.1) is 26.6 Å². The molecule has 0 aliphatic carbocycles. The second-order valence-electron chi connectivity index (χ2n) is 7.36. The molecule has 4 aromatic rings. The summed E-state index contributed by atoms with van der Waals surface area (Å²) in [6.45, 7) is -0.284. The smallest absolute Gasteiger partial charge is 0.306 e. The Labute approximate surface area is 194 Å². The van der Waals surface area contributed by atoms with Crippen molar-refractivity contribution < 1.29 is 14.3 Å². The summed E-state index contributed by atoms with van der Waals surface area (Å²) in [6, 6.07) is 23.5. The van der Waals surface area contributed by atoms with Crippen LogP contribution >= 0.6 is 23.1 Å². The van der Waals surface area contributed by atoms with Crippen molar-refractivity contribution in [3.63, 3.8) is 0 Å². The van der Waals surface area contributed by atoms with Gasteiger partial charge in [0.25, 0.3) is 5.91 Å². The third kappa shape index (κ3) is 4.26. The van der Waals surface area contributed by atoms with Gasteiger partial charge < -0.3 is 4.74 Å². The van der Waals surface area contributed by atoms with Gasteiger partial charge in [0.2, 0.25) is 0 Å². The summed E-state index contributed by atoms with van der Waals surface area (Å²) >= 11 is 3.28. The number of carbonyl (C=O) groups is 2. The number of amides is 1. The highest BCUT2D eigenvalue weighted by atomic mass is 32.2. The standard InChI is InChI=1S/C25H20N2O3S2/c28-24(27-18-9-2-5-12-21(18)31-22-13-6-3-10-19(22)27)16-30-25(29)15-7-14-23-26-17-8-1-4-11-20(17)32-23/h1-6,8-13H,7,14-16H2. The summed E-state index contributed by atoms with van der Waals surface area (Å²) in [4.78, 5) is 33.6. The molecule has 32 heavy (non-hydrogen) atoms. The van der Waals surface area contributed by atoms with Gasteiger partial charge in [0.15, 0.2) is 6.61 Å². The molecule has 0 radical (unpaired) electrons. The van der Waals surface area contributed by atoms with Gasteiger partial charge in [0.1, 0.15) is 0 Å². The molecule has 0 fully saturated rings. The fourth-order valence-electron chi connectivity index (χ4n) is 3.66. The number of anilines is 2. The molecule has 3 aromatic carbocycles. The zero-order valence-corrected chi connectivity index (χ0v) is 18.8. The number of nitrogens with zero attached hydrogens (tertiary/aromatic N) is 2. The largest absolute Gasteiger partial charge is 0.456 e. The van der Waals surface area contributed by atoms with Gasteiger partial charge in [-0.3, -0.25) is 14.5 Å². The van der Waals surface area contributed by atoms with E-state index >= 15 is 0 Å². The summed E-state index contributed by atoms with van der Waals surface area (Å²) in [7, 11) is 0. The first-order valence-corrected chi connectivity index (χ1v) is 12.0. The molecule has 0 unspecified atom stereocenters. The number of hydrogen-bond donors (Lipinski definition) is 0. The number of fused-ring (bicyclic) bond motifs is 3. The number of aromatic nitrogens is 1. The van der Waals surface area contributed by atoms with Crippen LogP contribution in [0.1, 0.15) is 17.8 Å². The van der Waals surface area contributed by atoms with E-state index in [1.165, 1.54) is 0 Å². The van der Waals surface area contributed by atoms with Crippen molar-refractivity contribution in [2.45, 2.75) is 29.1 Å². The van der Waals surface area contributed by atoms with Crippen molar-refractivity contribution in [2.24, 2.45) is 0 Å². The normalized spacial score (nSPS) is 12.3. The molecule has 7 heteroatoms. The Hall–Kier alpha value is -3.16. The zero-order valence-electron chi connectivity index (χ0n) is 17.2. The van der Waals surface area contributed by atoms with E-state index in [-0.39, 0.29) is 24.9 Å². The molecule has 5 rings (SSSR count). The third-order valence-corrected chi connectivity index (χ3v) is 7.37. The van der Waals surface area contributed by atoms with Crippen LogP contribution in [0.3, 0.4) is 0 Å². The first-order valence-electron chi connectivity index (χ1n) is 10.4. The lowest BCUT2D eigenvalue weighted by Crippen LogP contribution is -2.32. The van der Waals surface area contributed by atoms with E-state index in [0.29, 0.717) is 12.8 Å². The van der Waals surface area contributed by atoms with Gasteiger partial charge in [-0.15, -0.1) is 11.3 Å². The van der Waals surface area contributed by atoms with Crippen LogP contribution in [0.15, 0.2) is 82.6 Å². The van der Waals surface area contributed by atoms with E-state index in [9.17, 15) is 9.59 Å². The molecule has 5 nitrogen and oxygen atoms in total. The van der Waals surface area contributed by atoms with Gasteiger partial charge in [-0.25, -0.2) is 4.98 Å². The fraction of sp³-hybridized carbons (Fsp3) is 0.160. The van der Waals surface area contributed by atoms with Crippen LogP contribution in [0, 0.1) is 0 Å². The average Bonchev–Trinajstić information content (AvgIpc) is 3.24. The Bertz CT molecular complexity index is 1220. The van der Waals surface area contributed by atoms with Crippen molar-refractivity contribution in [3.05, 3.63) is 77.8 Å². The average molecular weight is 461 g/mol. The summed E-state index contributed by atoms with van der Waals surface area (Å²) in [6.07, 6.45) is 1.61. The molecule has 0 bridgehead atoms. The molecule has 0 saturated carbocycles. The van der Waals surface area contributed by atoms with E-state index in [4.69, 9.17) is 4.74 Å². The molecule has 160 valence electrons. The molecule has 1 aliphatic rings. The van der Waals surface area contributed by atoms with Crippen molar-refractivity contribution in [1.82, 2.24) is 4.98 Å². The maximum Gasteiger partial charge on any atom is 0.306 e. The molecule has 1 aromatic heterocycles. The van der Waals surface area contributed by atoms with Gasteiger partial charge in [-0.05, 0) is 49.2 Å².